The van der Waals surface area contributed by atoms with Gasteiger partial charge in [-0.1, -0.05) is 0 Å². The lowest BCUT2D eigenvalue weighted by atomic mass is 10.1. The highest BCUT2D eigenvalue weighted by molar-refractivity contribution is 5.85. The maximum absolute atomic E-state index is 8.77. The molecule has 0 fully saturated rings. The monoisotopic (exact) mass is 214 g/mol. The molecule has 0 bridgehead atoms. The third-order valence-corrected chi connectivity index (χ3v) is 2.62. The highest BCUT2D eigenvalue weighted by Crippen LogP contribution is 2.25. The molecule has 2 aromatic rings. The number of nitrogens with zero attached hydrogens (tertiary/aromatic N) is 2. The van der Waals surface area contributed by atoms with Crippen molar-refractivity contribution in [2.45, 2.75) is 13.3 Å². The summed E-state index contributed by atoms with van der Waals surface area (Å²) in [5.41, 5.74) is 2.19. The Morgan fingerprint density at radius 3 is 2.94 bits per heavy atom. The van der Waals surface area contributed by atoms with Gasteiger partial charge in [-0.15, -0.1) is 0 Å². The normalized spacial score (nSPS) is 10.3. The summed E-state index contributed by atoms with van der Waals surface area (Å²) in [5, 5.41) is 9.88. The molecule has 0 saturated carbocycles. The summed E-state index contributed by atoms with van der Waals surface area (Å²) < 4.78 is 7.50. The average molecular weight is 214 g/mol. The van der Waals surface area contributed by atoms with E-state index < -0.39 is 0 Å². The number of rotatable bonds is 3. The summed E-state index contributed by atoms with van der Waals surface area (Å²) in [6.45, 7) is 2.62. The Morgan fingerprint density at radius 2 is 2.25 bits per heavy atom. The highest BCUT2D eigenvalue weighted by atomic mass is 16.5. The second-order valence-corrected chi connectivity index (χ2v) is 3.71. The van der Waals surface area contributed by atoms with E-state index in [1.807, 2.05) is 42.9 Å². The van der Waals surface area contributed by atoms with Crippen molar-refractivity contribution < 1.29 is 4.74 Å². The number of ether oxygens (including phenoxy) is 1. The molecule has 0 aliphatic carbocycles. The Balaban J connectivity index is 2.56. The minimum Gasteiger partial charge on any atom is -0.494 e. The van der Waals surface area contributed by atoms with Crippen LogP contribution in [0, 0.1) is 11.3 Å². The average Bonchev–Trinajstić information content (AvgIpc) is 2.57. The SMILES string of the molecule is CCOc1ccc2c(c1)c(CC#N)cn2C. The fourth-order valence-electron chi connectivity index (χ4n) is 1.94. The summed E-state index contributed by atoms with van der Waals surface area (Å²) in [5.74, 6) is 0.861. The van der Waals surface area contributed by atoms with Crippen LogP contribution < -0.4 is 4.74 Å². The summed E-state index contributed by atoms with van der Waals surface area (Å²) in [6.07, 6.45) is 2.44. The molecule has 0 atom stereocenters. The van der Waals surface area contributed by atoms with Crippen molar-refractivity contribution in [1.29, 1.82) is 5.26 Å². The first-order valence-electron chi connectivity index (χ1n) is 5.34. The number of fused-ring (bicyclic) bond motifs is 1. The van der Waals surface area contributed by atoms with E-state index in [0.717, 1.165) is 22.2 Å². The standard InChI is InChI=1S/C13H14N2O/c1-3-16-11-4-5-13-12(8-11)10(6-7-14)9-15(13)2/h4-5,8-9H,3,6H2,1-2H3. The smallest absolute Gasteiger partial charge is 0.120 e. The van der Waals surface area contributed by atoms with Crippen molar-refractivity contribution in [2.24, 2.45) is 7.05 Å². The molecular weight excluding hydrogens is 200 g/mol. The van der Waals surface area contributed by atoms with Gasteiger partial charge >= 0.3 is 0 Å². The quantitative estimate of drug-likeness (QED) is 0.787. The summed E-state index contributed by atoms with van der Waals surface area (Å²) >= 11 is 0. The Morgan fingerprint density at radius 1 is 1.44 bits per heavy atom. The van der Waals surface area contributed by atoms with Crippen LogP contribution in [0.2, 0.25) is 0 Å². The number of hydrogen-bond donors (Lipinski definition) is 0. The first kappa shape index (κ1) is 10.6. The second-order valence-electron chi connectivity index (χ2n) is 3.71. The van der Waals surface area contributed by atoms with Crippen LogP contribution in [0.1, 0.15) is 12.5 Å². The van der Waals surface area contributed by atoms with E-state index in [2.05, 4.69) is 6.07 Å². The largest absolute Gasteiger partial charge is 0.494 e. The summed E-state index contributed by atoms with van der Waals surface area (Å²) in [6, 6.07) is 8.18. The van der Waals surface area contributed by atoms with Gasteiger partial charge in [-0.2, -0.15) is 5.26 Å². The van der Waals surface area contributed by atoms with Crippen molar-refractivity contribution in [3.63, 3.8) is 0 Å². The predicted molar refractivity (Wildman–Crippen MR) is 63.4 cm³/mol. The van der Waals surface area contributed by atoms with E-state index in [-0.39, 0.29) is 0 Å². The van der Waals surface area contributed by atoms with E-state index in [4.69, 9.17) is 10.00 Å². The Labute approximate surface area is 94.9 Å². The van der Waals surface area contributed by atoms with E-state index >= 15 is 0 Å². The molecular formula is C13H14N2O. The molecule has 0 spiro atoms. The van der Waals surface area contributed by atoms with Gasteiger partial charge in [0.05, 0.1) is 19.1 Å². The zero-order chi connectivity index (χ0) is 11.5. The zero-order valence-electron chi connectivity index (χ0n) is 9.53. The van der Waals surface area contributed by atoms with Gasteiger partial charge in [-0.25, -0.2) is 0 Å². The van der Waals surface area contributed by atoms with Gasteiger partial charge in [0, 0.05) is 24.1 Å². The first-order chi connectivity index (χ1) is 7.76. The van der Waals surface area contributed by atoms with Gasteiger partial charge < -0.3 is 9.30 Å². The van der Waals surface area contributed by atoms with Gasteiger partial charge in [0.2, 0.25) is 0 Å². The Kier molecular flexibility index (Phi) is 2.82. The highest BCUT2D eigenvalue weighted by Gasteiger charge is 2.07. The fraction of sp³-hybridized carbons (Fsp3) is 0.308. The lowest BCUT2D eigenvalue weighted by Crippen LogP contribution is -1.91. The van der Waals surface area contributed by atoms with Crippen molar-refractivity contribution in [3.05, 3.63) is 30.0 Å². The number of aromatic nitrogens is 1. The van der Waals surface area contributed by atoms with Crippen LogP contribution in [0.5, 0.6) is 5.75 Å². The van der Waals surface area contributed by atoms with Gasteiger partial charge in [0.1, 0.15) is 5.75 Å². The number of aryl methyl sites for hydroxylation is 1. The van der Waals surface area contributed by atoms with Crippen LogP contribution in [0.25, 0.3) is 10.9 Å². The van der Waals surface area contributed by atoms with E-state index in [9.17, 15) is 0 Å². The summed E-state index contributed by atoms with van der Waals surface area (Å²) in [4.78, 5) is 0. The molecule has 0 aliphatic heterocycles. The summed E-state index contributed by atoms with van der Waals surface area (Å²) in [7, 11) is 1.99. The number of hydrogen-bond acceptors (Lipinski definition) is 2. The first-order valence-corrected chi connectivity index (χ1v) is 5.34. The van der Waals surface area contributed by atoms with Gasteiger partial charge in [-0.3, -0.25) is 0 Å². The van der Waals surface area contributed by atoms with Gasteiger partial charge in [-0.05, 0) is 30.7 Å². The number of benzene rings is 1. The molecule has 3 nitrogen and oxygen atoms in total. The maximum atomic E-state index is 8.77. The molecule has 3 heteroatoms. The predicted octanol–water partition coefficient (Wildman–Crippen LogP) is 2.64. The van der Waals surface area contributed by atoms with Crippen LogP contribution in [0.4, 0.5) is 0 Å². The molecule has 1 aromatic carbocycles. The molecule has 82 valence electrons. The lowest BCUT2D eigenvalue weighted by molar-refractivity contribution is 0.340. The third-order valence-electron chi connectivity index (χ3n) is 2.62. The molecule has 0 radical (unpaired) electrons. The van der Waals surface area contributed by atoms with Crippen LogP contribution in [-0.2, 0) is 13.5 Å². The van der Waals surface area contributed by atoms with Crippen molar-refractivity contribution in [2.75, 3.05) is 6.61 Å². The van der Waals surface area contributed by atoms with Crippen molar-refractivity contribution in [1.82, 2.24) is 4.57 Å². The maximum Gasteiger partial charge on any atom is 0.120 e. The van der Waals surface area contributed by atoms with Crippen LogP contribution >= 0.6 is 0 Å². The zero-order valence-corrected chi connectivity index (χ0v) is 9.53. The lowest BCUT2D eigenvalue weighted by Gasteiger charge is -2.03. The van der Waals surface area contributed by atoms with E-state index in [1.165, 1.54) is 0 Å². The molecule has 16 heavy (non-hydrogen) atoms. The van der Waals surface area contributed by atoms with Gasteiger partial charge in [0.15, 0.2) is 0 Å². The minimum atomic E-state index is 0.437. The van der Waals surface area contributed by atoms with Crippen LogP contribution in [0.3, 0.4) is 0 Å². The number of nitriles is 1. The third kappa shape index (κ3) is 1.74. The van der Waals surface area contributed by atoms with Crippen LogP contribution in [0.15, 0.2) is 24.4 Å². The van der Waals surface area contributed by atoms with Crippen LogP contribution in [-0.4, -0.2) is 11.2 Å². The van der Waals surface area contributed by atoms with E-state index in [0.29, 0.717) is 13.0 Å². The fourth-order valence-corrected chi connectivity index (χ4v) is 1.94. The van der Waals surface area contributed by atoms with E-state index in [1.54, 1.807) is 0 Å². The molecule has 1 aromatic heterocycles. The molecule has 2 rings (SSSR count). The Hall–Kier alpha value is -1.95. The second kappa shape index (κ2) is 4.28. The topological polar surface area (TPSA) is 37.9 Å². The molecule has 0 saturated heterocycles. The Bertz CT molecular complexity index is 549. The van der Waals surface area contributed by atoms with Gasteiger partial charge in [0.25, 0.3) is 0 Å². The molecule has 0 N–H and O–H groups in total. The molecule has 0 aliphatic rings. The molecule has 0 unspecified atom stereocenters. The van der Waals surface area contributed by atoms with Crippen molar-refractivity contribution in [3.8, 4) is 11.8 Å². The molecule has 1 heterocycles. The molecule has 0 amide bonds. The minimum absolute atomic E-state index is 0.437. The van der Waals surface area contributed by atoms with Crippen molar-refractivity contribution >= 4 is 10.9 Å².